The Morgan fingerprint density at radius 3 is 2.44 bits per heavy atom. The summed E-state index contributed by atoms with van der Waals surface area (Å²) in [5, 5.41) is 13.5. The molecule has 0 atom stereocenters. The normalized spacial score (nSPS) is 15.1. The fraction of sp³-hybridized carbons (Fsp3) is 0.250. The third-order valence-corrected chi connectivity index (χ3v) is 4.56. The SMILES string of the molecule is O=C(N/N=C\c1ccccc1O)C1CCN(C(=O)c2ccc(F)cc2)CC1. The number of benzene rings is 2. The summed E-state index contributed by atoms with van der Waals surface area (Å²) >= 11 is 0. The summed E-state index contributed by atoms with van der Waals surface area (Å²) in [5.74, 6) is -0.903. The molecular weight excluding hydrogens is 349 g/mol. The molecule has 27 heavy (non-hydrogen) atoms. The summed E-state index contributed by atoms with van der Waals surface area (Å²) in [6, 6.07) is 12.1. The van der Waals surface area contributed by atoms with Crippen molar-refractivity contribution in [3.05, 3.63) is 65.5 Å². The van der Waals surface area contributed by atoms with Crippen LogP contribution < -0.4 is 5.43 Å². The van der Waals surface area contributed by atoms with E-state index in [4.69, 9.17) is 0 Å². The molecule has 140 valence electrons. The van der Waals surface area contributed by atoms with Crippen LogP contribution in [0.2, 0.25) is 0 Å². The van der Waals surface area contributed by atoms with Gasteiger partial charge < -0.3 is 10.0 Å². The standard InChI is InChI=1S/C20H20FN3O3/c21-17-7-5-15(6-8-17)20(27)24-11-9-14(10-12-24)19(26)23-22-13-16-3-1-2-4-18(16)25/h1-8,13-14,25H,9-12H2,(H,23,26)/b22-13-. The van der Waals surface area contributed by atoms with Crippen molar-refractivity contribution in [1.29, 1.82) is 0 Å². The molecule has 0 bridgehead atoms. The quantitative estimate of drug-likeness (QED) is 0.642. The van der Waals surface area contributed by atoms with Gasteiger partial charge in [0.1, 0.15) is 11.6 Å². The summed E-state index contributed by atoms with van der Waals surface area (Å²) in [6.45, 7) is 0.912. The Morgan fingerprint density at radius 2 is 1.78 bits per heavy atom. The topological polar surface area (TPSA) is 82.0 Å². The molecule has 0 unspecified atom stereocenters. The Bertz CT molecular complexity index is 844. The molecule has 1 fully saturated rings. The zero-order chi connectivity index (χ0) is 19.2. The first-order valence-corrected chi connectivity index (χ1v) is 8.70. The lowest BCUT2D eigenvalue weighted by molar-refractivity contribution is -0.126. The van der Waals surface area contributed by atoms with Gasteiger partial charge >= 0.3 is 0 Å². The number of hydrogen-bond acceptors (Lipinski definition) is 4. The molecule has 0 aliphatic carbocycles. The van der Waals surface area contributed by atoms with Gasteiger partial charge in [0.2, 0.25) is 5.91 Å². The van der Waals surface area contributed by atoms with Crippen LogP contribution in [0.4, 0.5) is 4.39 Å². The van der Waals surface area contributed by atoms with Gasteiger partial charge in [-0.3, -0.25) is 9.59 Å². The number of hydrogen-bond donors (Lipinski definition) is 2. The highest BCUT2D eigenvalue weighted by Crippen LogP contribution is 2.19. The van der Waals surface area contributed by atoms with Crippen molar-refractivity contribution in [2.45, 2.75) is 12.8 Å². The molecule has 0 radical (unpaired) electrons. The number of rotatable bonds is 4. The predicted molar refractivity (Wildman–Crippen MR) is 98.9 cm³/mol. The summed E-state index contributed by atoms with van der Waals surface area (Å²) in [4.78, 5) is 26.3. The third-order valence-electron chi connectivity index (χ3n) is 4.56. The van der Waals surface area contributed by atoms with E-state index >= 15 is 0 Å². The highest BCUT2D eigenvalue weighted by atomic mass is 19.1. The summed E-state index contributed by atoms with van der Waals surface area (Å²) in [7, 11) is 0. The van der Waals surface area contributed by atoms with Crippen molar-refractivity contribution < 1.29 is 19.1 Å². The largest absolute Gasteiger partial charge is 0.507 e. The Balaban J connectivity index is 1.50. The highest BCUT2D eigenvalue weighted by Gasteiger charge is 2.27. The summed E-state index contributed by atoms with van der Waals surface area (Å²) in [6.07, 6.45) is 2.45. The zero-order valence-electron chi connectivity index (χ0n) is 14.6. The number of carbonyl (C=O) groups is 2. The minimum absolute atomic E-state index is 0.0862. The minimum atomic E-state index is -0.383. The maximum atomic E-state index is 13.0. The molecule has 1 aliphatic heterocycles. The van der Waals surface area contributed by atoms with Crippen LogP contribution in [0.3, 0.4) is 0 Å². The molecule has 1 heterocycles. The van der Waals surface area contributed by atoms with Crippen molar-refractivity contribution in [3.8, 4) is 5.75 Å². The van der Waals surface area contributed by atoms with Gasteiger partial charge in [-0.25, -0.2) is 9.82 Å². The molecule has 0 spiro atoms. The molecule has 2 amide bonds. The number of para-hydroxylation sites is 1. The molecule has 2 aromatic rings. The van der Waals surface area contributed by atoms with E-state index in [1.54, 1.807) is 23.1 Å². The predicted octanol–water partition coefficient (Wildman–Crippen LogP) is 2.53. The molecule has 7 heteroatoms. The van der Waals surface area contributed by atoms with Crippen LogP contribution in [0.15, 0.2) is 53.6 Å². The van der Waals surface area contributed by atoms with Gasteiger partial charge in [0.25, 0.3) is 5.91 Å². The van der Waals surface area contributed by atoms with Crippen LogP contribution in [0.1, 0.15) is 28.8 Å². The van der Waals surface area contributed by atoms with E-state index in [1.807, 2.05) is 0 Å². The fourth-order valence-electron chi connectivity index (χ4n) is 2.97. The Morgan fingerprint density at radius 1 is 1.11 bits per heavy atom. The number of amides is 2. The van der Waals surface area contributed by atoms with E-state index in [2.05, 4.69) is 10.5 Å². The molecule has 1 saturated heterocycles. The first-order chi connectivity index (χ1) is 13.0. The van der Waals surface area contributed by atoms with Crippen LogP contribution in [-0.4, -0.2) is 41.1 Å². The smallest absolute Gasteiger partial charge is 0.253 e. The maximum absolute atomic E-state index is 13.0. The molecule has 0 saturated carbocycles. The second-order valence-electron chi connectivity index (χ2n) is 6.37. The number of nitrogens with zero attached hydrogens (tertiary/aromatic N) is 2. The Kier molecular flexibility index (Phi) is 5.80. The van der Waals surface area contributed by atoms with E-state index in [0.29, 0.717) is 37.1 Å². The van der Waals surface area contributed by atoms with E-state index in [9.17, 15) is 19.1 Å². The molecule has 1 aliphatic rings. The molecule has 0 aromatic heterocycles. The van der Waals surface area contributed by atoms with Gasteiger partial charge in [-0.2, -0.15) is 5.10 Å². The molecular formula is C20H20FN3O3. The number of halogens is 1. The van der Waals surface area contributed by atoms with E-state index in [0.717, 1.165) is 0 Å². The fourth-order valence-corrected chi connectivity index (χ4v) is 2.97. The number of carbonyl (C=O) groups excluding carboxylic acids is 2. The average Bonchev–Trinajstić information content (AvgIpc) is 2.69. The monoisotopic (exact) mass is 369 g/mol. The number of hydrazone groups is 1. The first-order valence-electron chi connectivity index (χ1n) is 8.70. The second kappa shape index (κ2) is 8.44. The number of phenolic OH excluding ortho intramolecular Hbond substituents is 1. The van der Waals surface area contributed by atoms with Gasteiger partial charge in [0.15, 0.2) is 0 Å². The summed E-state index contributed by atoms with van der Waals surface area (Å²) < 4.78 is 13.0. The molecule has 3 rings (SSSR count). The lowest BCUT2D eigenvalue weighted by Crippen LogP contribution is -2.42. The second-order valence-corrected chi connectivity index (χ2v) is 6.37. The number of aromatic hydroxyl groups is 1. The minimum Gasteiger partial charge on any atom is -0.507 e. The molecule has 2 N–H and O–H groups in total. The molecule has 6 nitrogen and oxygen atoms in total. The number of piperidine rings is 1. The lowest BCUT2D eigenvalue weighted by atomic mass is 9.95. The van der Waals surface area contributed by atoms with Crippen LogP contribution >= 0.6 is 0 Å². The van der Waals surface area contributed by atoms with Gasteiger partial charge in [-0.1, -0.05) is 12.1 Å². The summed E-state index contributed by atoms with van der Waals surface area (Å²) in [5.41, 5.74) is 3.43. The van der Waals surface area contributed by atoms with Crippen molar-refractivity contribution >= 4 is 18.0 Å². The highest BCUT2D eigenvalue weighted by molar-refractivity contribution is 5.94. The molecule has 2 aromatic carbocycles. The van der Waals surface area contributed by atoms with E-state index in [1.165, 1.54) is 36.5 Å². The van der Waals surface area contributed by atoms with Gasteiger partial charge in [-0.05, 0) is 49.2 Å². The van der Waals surface area contributed by atoms with Crippen molar-refractivity contribution in [3.63, 3.8) is 0 Å². The van der Waals surface area contributed by atoms with Crippen LogP contribution in [0.25, 0.3) is 0 Å². The van der Waals surface area contributed by atoms with Gasteiger partial charge in [0.05, 0.1) is 6.21 Å². The first kappa shape index (κ1) is 18.6. The van der Waals surface area contributed by atoms with Crippen LogP contribution in [-0.2, 0) is 4.79 Å². The average molecular weight is 369 g/mol. The van der Waals surface area contributed by atoms with Crippen molar-refractivity contribution in [2.24, 2.45) is 11.0 Å². The zero-order valence-corrected chi connectivity index (χ0v) is 14.6. The third kappa shape index (κ3) is 4.69. The van der Waals surface area contributed by atoms with Crippen LogP contribution in [0.5, 0.6) is 5.75 Å². The van der Waals surface area contributed by atoms with E-state index < -0.39 is 0 Å². The maximum Gasteiger partial charge on any atom is 0.253 e. The van der Waals surface area contributed by atoms with Crippen molar-refractivity contribution in [2.75, 3.05) is 13.1 Å². The lowest BCUT2D eigenvalue weighted by Gasteiger charge is -2.31. The number of likely N-dealkylation sites (tertiary alicyclic amines) is 1. The number of nitrogens with one attached hydrogen (secondary N) is 1. The Hall–Kier alpha value is -3.22. The van der Waals surface area contributed by atoms with Gasteiger partial charge in [0, 0.05) is 30.1 Å². The Labute approximate surface area is 156 Å². The number of phenols is 1. The van der Waals surface area contributed by atoms with Crippen molar-refractivity contribution in [1.82, 2.24) is 10.3 Å². The van der Waals surface area contributed by atoms with Gasteiger partial charge in [-0.15, -0.1) is 0 Å². The van der Waals surface area contributed by atoms with Crippen LogP contribution in [0, 0.1) is 11.7 Å². The van der Waals surface area contributed by atoms with E-state index in [-0.39, 0.29) is 29.3 Å².